The lowest BCUT2D eigenvalue weighted by molar-refractivity contribution is 0.385. The molecule has 2 nitrogen and oxygen atoms in total. The van der Waals surface area contributed by atoms with Crippen molar-refractivity contribution in [1.82, 2.24) is 5.32 Å². The minimum atomic E-state index is -0.886. The highest BCUT2D eigenvalue weighted by atomic mass is 19.2. The Labute approximate surface area is 121 Å². The fraction of sp³-hybridized carbons (Fsp3) is 0.250. The maximum Gasteiger partial charge on any atom is 0.165 e. The van der Waals surface area contributed by atoms with Crippen LogP contribution in [0.1, 0.15) is 17.2 Å². The zero-order valence-electron chi connectivity index (χ0n) is 11.8. The predicted octanol–water partition coefficient (Wildman–Crippen LogP) is 3.62. The van der Waals surface area contributed by atoms with Gasteiger partial charge in [-0.15, -0.1) is 0 Å². The summed E-state index contributed by atoms with van der Waals surface area (Å²) in [5, 5.41) is 3.04. The van der Waals surface area contributed by atoms with Crippen LogP contribution in [0.4, 0.5) is 13.2 Å². The molecule has 5 heteroatoms. The largest absolute Gasteiger partial charge is 0.494 e. The van der Waals surface area contributed by atoms with Gasteiger partial charge in [-0.05, 0) is 48.9 Å². The van der Waals surface area contributed by atoms with E-state index < -0.39 is 17.5 Å². The molecular formula is C16H16F3NO. The summed E-state index contributed by atoms with van der Waals surface area (Å²) in [7, 11) is 3.13. The maximum absolute atomic E-state index is 13.7. The Morgan fingerprint density at radius 1 is 1.00 bits per heavy atom. The second-order valence-electron chi connectivity index (χ2n) is 4.69. The van der Waals surface area contributed by atoms with Crippen LogP contribution in [0.2, 0.25) is 0 Å². The number of benzene rings is 2. The van der Waals surface area contributed by atoms with Gasteiger partial charge in [0.15, 0.2) is 23.2 Å². The average Bonchev–Trinajstić information content (AvgIpc) is 2.48. The molecule has 0 fully saturated rings. The quantitative estimate of drug-likeness (QED) is 0.909. The molecule has 0 aliphatic rings. The van der Waals surface area contributed by atoms with Crippen molar-refractivity contribution in [3.8, 4) is 5.75 Å². The van der Waals surface area contributed by atoms with Crippen LogP contribution in [0.5, 0.6) is 5.75 Å². The summed E-state index contributed by atoms with van der Waals surface area (Å²) in [4.78, 5) is 0. The summed E-state index contributed by atoms with van der Waals surface area (Å²) in [6.45, 7) is 0. The van der Waals surface area contributed by atoms with Gasteiger partial charge >= 0.3 is 0 Å². The highest BCUT2D eigenvalue weighted by molar-refractivity contribution is 5.32. The van der Waals surface area contributed by atoms with E-state index in [0.29, 0.717) is 17.5 Å². The van der Waals surface area contributed by atoms with Crippen LogP contribution in [-0.4, -0.2) is 14.2 Å². The lowest BCUT2D eigenvalue weighted by Crippen LogP contribution is -2.19. The zero-order valence-corrected chi connectivity index (χ0v) is 11.8. The van der Waals surface area contributed by atoms with Crippen LogP contribution in [0.25, 0.3) is 0 Å². The van der Waals surface area contributed by atoms with Crippen LogP contribution in [0.15, 0.2) is 36.4 Å². The molecule has 0 radical (unpaired) electrons. The van der Waals surface area contributed by atoms with Crippen LogP contribution in [0, 0.1) is 17.5 Å². The van der Waals surface area contributed by atoms with Crippen LogP contribution >= 0.6 is 0 Å². The molecule has 112 valence electrons. The van der Waals surface area contributed by atoms with E-state index in [0.717, 1.165) is 12.1 Å². The molecule has 0 aromatic heterocycles. The van der Waals surface area contributed by atoms with Crippen LogP contribution in [0.3, 0.4) is 0 Å². The van der Waals surface area contributed by atoms with E-state index in [-0.39, 0.29) is 11.8 Å². The van der Waals surface area contributed by atoms with Crippen molar-refractivity contribution in [2.45, 2.75) is 12.5 Å². The smallest absolute Gasteiger partial charge is 0.165 e. The zero-order chi connectivity index (χ0) is 15.4. The Balaban J connectivity index is 2.23. The lowest BCUT2D eigenvalue weighted by atomic mass is 9.98. The lowest BCUT2D eigenvalue weighted by Gasteiger charge is -2.17. The molecular weight excluding hydrogens is 279 g/mol. The highest BCUT2D eigenvalue weighted by Crippen LogP contribution is 2.24. The van der Waals surface area contributed by atoms with Gasteiger partial charge in [0.1, 0.15) is 0 Å². The van der Waals surface area contributed by atoms with Crippen molar-refractivity contribution in [2.24, 2.45) is 0 Å². The third kappa shape index (κ3) is 3.55. The molecule has 0 aliphatic carbocycles. The molecule has 2 rings (SSSR count). The molecule has 0 bridgehead atoms. The topological polar surface area (TPSA) is 21.3 Å². The minimum absolute atomic E-state index is 0.168. The second-order valence-corrected chi connectivity index (χ2v) is 4.69. The third-order valence-corrected chi connectivity index (χ3v) is 3.35. The van der Waals surface area contributed by atoms with E-state index >= 15 is 0 Å². The molecule has 0 aliphatic heterocycles. The van der Waals surface area contributed by atoms with E-state index in [9.17, 15) is 13.2 Å². The first kappa shape index (κ1) is 15.4. The molecule has 0 heterocycles. The predicted molar refractivity (Wildman–Crippen MR) is 74.8 cm³/mol. The Morgan fingerprint density at radius 3 is 2.33 bits per heavy atom. The SMILES string of the molecule is CNC(Cc1ccc(F)c(F)c1)c1ccc(OC)c(F)c1. The number of rotatable bonds is 5. The number of methoxy groups -OCH3 is 1. The van der Waals surface area contributed by atoms with Gasteiger partial charge in [-0.2, -0.15) is 0 Å². The first-order valence-electron chi connectivity index (χ1n) is 6.49. The normalized spacial score (nSPS) is 12.2. The maximum atomic E-state index is 13.7. The van der Waals surface area contributed by atoms with Crippen molar-refractivity contribution in [3.05, 3.63) is 65.0 Å². The van der Waals surface area contributed by atoms with E-state index in [1.54, 1.807) is 19.2 Å². The summed E-state index contributed by atoms with van der Waals surface area (Å²) in [5.74, 6) is -2.06. The molecule has 1 N–H and O–H groups in total. The fourth-order valence-corrected chi connectivity index (χ4v) is 2.19. The van der Waals surface area contributed by atoms with Crippen molar-refractivity contribution >= 4 is 0 Å². The Bertz CT molecular complexity index is 631. The number of ether oxygens (including phenoxy) is 1. The van der Waals surface area contributed by atoms with Crippen molar-refractivity contribution in [2.75, 3.05) is 14.2 Å². The number of hydrogen-bond donors (Lipinski definition) is 1. The first-order valence-corrected chi connectivity index (χ1v) is 6.49. The van der Waals surface area contributed by atoms with Gasteiger partial charge in [-0.3, -0.25) is 0 Å². The van der Waals surface area contributed by atoms with Crippen LogP contribution in [-0.2, 0) is 6.42 Å². The first-order chi connectivity index (χ1) is 10.0. The number of halogens is 3. The molecule has 1 atom stereocenters. The van der Waals surface area contributed by atoms with Gasteiger partial charge < -0.3 is 10.1 Å². The fourth-order valence-electron chi connectivity index (χ4n) is 2.19. The Kier molecular flexibility index (Phi) is 4.85. The second kappa shape index (κ2) is 6.63. The van der Waals surface area contributed by atoms with Crippen LogP contribution < -0.4 is 10.1 Å². The molecule has 2 aromatic rings. The van der Waals surface area contributed by atoms with Gasteiger partial charge in [0, 0.05) is 6.04 Å². The molecule has 0 amide bonds. The molecule has 21 heavy (non-hydrogen) atoms. The van der Waals surface area contributed by atoms with Crippen molar-refractivity contribution < 1.29 is 17.9 Å². The number of nitrogens with one attached hydrogen (secondary N) is 1. The van der Waals surface area contributed by atoms with Gasteiger partial charge in [0.05, 0.1) is 7.11 Å². The molecule has 2 aromatic carbocycles. The summed E-state index contributed by atoms with van der Waals surface area (Å²) in [6.07, 6.45) is 0.416. The van der Waals surface area contributed by atoms with E-state index in [1.165, 1.54) is 19.2 Å². The van der Waals surface area contributed by atoms with Gasteiger partial charge in [0.2, 0.25) is 0 Å². The third-order valence-electron chi connectivity index (χ3n) is 3.35. The minimum Gasteiger partial charge on any atom is -0.494 e. The van der Waals surface area contributed by atoms with Gasteiger partial charge in [-0.25, -0.2) is 13.2 Å². The Morgan fingerprint density at radius 2 is 1.76 bits per heavy atom. The Hall–Kier alpha value is -2.01. The summed E-state index contributed by atoms with van der Waals surface area (Å²) in [6, 6.07) is 8.20. The molecule has 1 unspecified atom stereocenters. The summed E-state index contributed by atoms with van der Waals surface area (Å²) >= 11 is 0. The molecule has 0 saturated carbocycles. The van der Waals surface area contributed by atoms with Gasteiger partial charge in [-0.1, -0.05) is 12.1 Å². The molecule has 0 spiro atoms. The van der Waals surface area contributed by atoms with E-state index in [4.69, 9.17) is 4.74 Å². The summed E-state index contributed by atoms with van der Waals surface area (Å²) in [5.41, 5.74) is 1.34. The van der Waals surface area contributed by atoms with E-state index in [1.807, 2.05) is 0 Å². The van der Waals surface area contributed by atoms with Crippen molar-refractivity contribution in [1.29, 1.82) is 0 Å². The standard InChI is InChI=1S/C16H16F3NO/c1-20-15(8-10-3-5-12(17)13(18)7-10)11-4-6-16(21-2)14(19)9-11/h3-7,9,15,20H,8H2,1-2H3. The van der Waals surface area contributed by atoms with Crippen molar-refractivity contribution in [3.63, 3.8) is 0 Å². The molecule has 0 saturated heterocycles. The summed E-state index contributed by atoms with van der Waals surface area (Å²) < 4.78 is 44.8. The monoisotopic (exact) mass is 295 g/mol. The average molecular weight is 295 g/mol. The number of likely N-dealkylation sites (N-methyl/N-ethyl adjacent to an activating group) is 1. The van der Waals surface area contributed by atoms with Gasteiger partial charge in [0.25, 0.3) is 0 Å². The van der Waals surface area contributed by atoms with E-state index in [2.05, 4.69) is 5.32 Å². The number of hydrogen-bond acceptors (Lipinski definition) is 2. The highest BCUT2D eigenvalue weighted by Gasteiger charge is 2.14.